The van der Waals surface area contributed by atoms with Crippen LogP contribution in [0.5, 0.6) is 5.75 Å². The van der Waals surface area contributed by atoms with E-state index in [1.165, 1.54) is 24.1 Å². The van der Waals surface area contributed by atoms with Crippen LogP contribution in [-0.2, 0) is 6.42 Å². The van der Waals surface area contributed by atoms with E-state index in [2.05, 4.69) is 47.2 Å². The Hall–Kier alpha value is -0.700. The third kappa shape index (κ3) is 2.95. The van der Waals surface area contributed by atoms with Crippen molar-refractivity contribution in [2.45, 2.75) is 39.2 Å². The van der Waals surface area contributed by atoms with Gasteiger partial charge < -0.3 is 10.1 Å². The van der Waals surface area contributed by atoms with Gasteiger partial charge in [-0.05, 0) is 58.8 Å². The Labute approximate surface area is 112 Å². The van der Waals surface area contributed by atoms with Crippen molar-refractivity contribution in [1.82, 2.24) is 0 Å². The van der Waals surface area contributed by atoms with Gasteiger partial charge in [0.15, 0.2) is 0 Å². The normalized spacial score (nSPS) is 18.8. The Balaban J connectivity index is 2.18. The van der Waals surface area contributed by atoms with E-state index in [-0.39, 0.29) is 0 Å². The molecule has 0 aromatic heterocycles. The van der Waals surface area contributed by atoms with Gasteiger partial charge in [0.05, 0.1) is 11.6 Å². The van der Waals surface area contributed by atoms with Gasteiger partial charge in [0.25, 0.3) is 0 Å². The average Bonchev–Trinajstić information content (AvgIpc) is 2.27. The van der Waals surface area contributed by atoms with Gasteiger partial charge in [-0.25, -0.2) is 0 Å². The molecule has 1 N–H and O–H groups in total. The summed E-state index contributed by atoms with van der Waals surface area (Å²) in [4.78, 5) is 0. The lowest BCUT2D eigenvalue weighted by Gasteiger charge is -2.29. The molecule has 0 saturated heterocycles. The maximum absolute atomic E-state index is 5.33. The summed E-state index contributed by atoms with van der Waals surface area (Å²) in [5, 5.41) is 3.63. The third-order valence-electron chi connectivity index (χ3n) is 3.26. The Morgan fingerprint density at radius 1 is 1.47 bits per heavy atom. The van der Waals surface area contributed by atoms with Crippen LogP contribution in [0, 0.1) is 5.92 Å². The number of aryl methyl sites for hydroxylation is 1. The second kappa shape index (κ2) is 5.30. The number of hydrogen-bond acceptors (Lipinski definition) is 2. The summed E-state index contributed by atoms with van der Waals surface area (Å²) in [6, 6.07) is 4.89. The smallest absolute Gasteiger partial charge is 0.133 e. The summed E-state index contributed by atoms with van der Waals surface area (Å²) >= 11 is 3.54. The van der Waals surface area contributed by atoms with Crippen molar-refractivity contribution in [1.29, 1.82) is 0 Å². The van der Waals surface area contributed by atoms with Gasteiger partial charge in [-0.2, -0.15) is 0 Å². The maximum atomic E-state index is 5.33. The fourth-order valence-corrected chi connectivity index (χ4v) is 2.97. The van der Waals surface area contributed by atoms with E-state index in [0.29, 0.717) is 6.04 Å². The first-order valence-electron chi connectivity index (χ1n) is 6.23. The van der Waals surface area contributed by atoms with E-state index in [9.17, 15) is 0 Å². The predicted molar refractivity (Wildman–Crippen MR) is 75.9 cm³/mol. The second-order valence-electron chi connectivity index (χ2n) is 5.15. The summed E-state index contributed by atoms with van der Waals surface area (Å²) in [7, 11) is 1.71. The zero-order chi connectivity index (χ0) is 12.4. The molecule has 1 aliphatic heterocycles. The van der Waals surface area contributed by atoms with Crippen molar-refractivity contribution in [3.8, 4) is 5.75 Å². The molecular weight excluding hydrogens is 278 g/mol. The van der Waals surface area contributed by atoms with Gasteiger partial charge in [-0.3, -0.25) is 0 Å². The number of rotatable bonds is 3. The Kier molecular flexibility index (Phi) is 3.97. The Morgan fingerprint density at radius 3 is 2.88 bits per heavy atom. The summed E-state index contributed by atoms with van der Waals surface area (Å²) in [5.41, 5.74) is 2.62. The largest absolute Gasteiger partial charge is 0.496 e. The summed E-state index contributed by atoms with van der Waals surface area (Å²) in [5.74, 6) is 1.67. The fraction of sp³-hybridized carbons (Fsp3) is 0.571. The summed E-state index contributed by atoms with van der Waals surface area (Å²) < 4.78 is 6.35. The molecule has 0 spiro atoms. The molecule has 17 heavy (non-hydrogen) atoms. The zero-order valence-electron chi connectivity index (χ0n) is 10.7. The molecule has 0 bridgehead atoms. The van der Waals surface area contributed by atoms with Crippen molar-refractivity contribution in [3.05, 3.63) is 22.2 Å². The molecule has 1 aliphatic rings. The number of benzene rings is 1. The third-order valence-corrected chi connectivity index (χ3v) is 3.88. The van der Waals surface area contributed by atoms with Gasteiger partial charge >= 0.3 is 0 Å². The van der Waals surface area contributed by atoms with E-state index < -0.39 is 0 Å². The monoisotopic (exact) mass is 297 g/mol. The number of fused-ring (bicyclic) bond motifs is 1. The van der Waals surface area contributed by atoms with Crippen LogP contribution in [0.25, 0.3) is 0 Å². The fourth-order valence-electron chi connectivity index (χ4n) is 2.46. The van der Waals surface area contributed by atoms with Crippen molar-refractivity contribution < 1.29 is 4.74 Å². The molecular formula is C14H20BrNO. The lowest BCUT2D eigenvalue weighted by Crippen LogP contribution is -2.26. The molecule has 0 saturated carbocycles. The number of ether oxygens (including phenoxy) is 1. The van der Waals surface area contributed by atoms with Gasteiger partial charge in [0, 0.05) is 11.7 Å². The minimum absolute atomic E-state index is 0.614. The lowest BCUT2D eigenvalue weighted by atomic mass is 9.92. The van der Waals surface area contributed by atoms with Crippen LogP contribution in [0.3, 0.4) is 0 Å². The van der Waals surface area contributed by atoms with E-state index >= 15 is 0 Å². The van der Waals surface area contributed by atoms with Crippen LogP contribution in [0.15, 0.2) is 16.6 Å². The molecule has 1 heterocycles. The molecule has 2 nitrogen and oxygen atoms in total. The first kappa shape index (κ1) is 12.7. The SMILES string of the molecule is COc1cc2c(cc1Br)NC(CC(C)C)CC2. The quantitative estimate of drug-likeness (QED) is 0.901. The lowest BCUT2D eigenvalue weighted by molar-refractivity contribution is 0.411. The van der Waals surface area contributed by atoms with Crippen LogP contribution in [0.2, 0.25) is 0 Å². The van der Waals surface area contributed by atoms with Crippen LogP contribution >= 0.6 is 15.9 Å². The average molecular weight is 298 g/mol. The van der Waals surface area contributed by atoms with E-state index in [1.807, 2.05) is 0 Å². The molecule has 1 atom stereocenters. The highest BCUT2D eigenvalue weighted by Crippen LogP contribution is 2.35. The first-order valence-corrected chi connectivity index (χ1v) is 7.02. The first-order chi connectivity index (χ1) is 8.10. The topological polar surface area (TPSA) is 21.3 Å². The minimum atomic E-state index is 0.614. The van der Waals surface area contributed by atoms with Crippen molar-refractivity contribution in [2.75, 3.05) is 12.4 Å². The van der Waals surface area contributed by atoms with Gasteiger partial charge in [0.2, 0.25) is 0 Å². The van der Waals surface area contributed by atoms with Crippen LogP contribution in [0.4, 0.5) is 5.69 Å². The molecule has 1 aromatic carbocycles. The molecule has 0 fully saturated rings. The second-order valence-corrected chi connectivity index (χ2v) is 6.01. The highest BCUT2D eigenvalue weighted by atomic mass is 79.9. The van der Waals surface area contributed by atoms with Crippen LogP contribution in [0.1, 0.15) is 32.3 Å². The van der Waals surface area contributed by atoms with E-state index in [1.54, 1.807) is 7.11 Å². The molecule has 2 rings (SSSR count). The molecule has 1 aromatic rings. The Bertz CT molecular complexity index is 403. The van der Waals surface area contributed by atoms with Gasteiger partial charge in [0.1, 0.15) is 5.75 Å². The van der Waals surface area contributed by atoms with E-state index in [4.69, 9.17) is 4.74 Å². The molecule has 1 unspecified atom stereocenters. The number of methoxy groups -OCH3 is 1. The minimum Gasteiger partial charge on any atom is -0.496 e. The van der Waals surface area contributed by atoms with Gasteiger partial charge in [-0.1, -0.05) is 13.8 Å². The highest BCUT2D eigenvalue weighted by Gasteiger charge is 2.20. The number of anilines is 1. The van der Waals surface area contributed by atoms with Crippen LogP contribution in [-0.4, -0.2) is 13.2 Å². The number of hydrogen-bond donors (Lipinski definition) is 1. The molecule has 0 radical (unpaired) electrons. The van der Waals surface area contributed by atoms with Crippen LogP contribution < -0.4 is 10.1 Å². The summed E-state index contributed by atoms with van der Waals surface area (Å²) in [6.07, 6.45) is 3.60. The molecule has 0 aliphatic carbocycles. The number of nitrogens with one attached hydrogen (secondary N) is 1. The van der Waals surface area contributed by atoms with E-state index in [0.717, 1.165) is 22.6 Å². The predicted octanol–water partition coefficient (Wildman–Crippen LogP) is 4.23. The van der Waals surface area contributed by atoms with Crippen molar-refractivity contribution in [2.24, 2.45) is 5.92 Å². The van der Waals surface area contributed by atoms with Gasteiger partial charge in [-0.15, -0.1) is 0 Å². The standard InChI is InChI=1S/C14H20BrNO/c1-9(2)6-11-5-4-10-7-14(17-3)12(15)8-13(10)16-11/h7-9,11,16H,4-6H2,1-3H3. The highest BCUT2D eigenvalue weighted by molar-refractivity contribution is 9.10. The van der Waals surface area contributed by atoms with Crippen molar-refractivity contribution >= 4 is 21.6 Å². The number of halogens is 1. The molecule has 0 amide bonds. The summed E-state index contributed by atoms with van der Waals surface area (Å²) in [6.45, 7) is 4.56. The molecule has 3 heteroatoms. The van der Waals surface area contributed by atoms with Crippen molar-refractivity contribution in [3.63, 3.8) is 0 Å². The molecule has 94 valence electrons. The maximum Gasteiger partial charge on any atom is 0.133 e. The Morgan fingerprint density at radius 2 is 2.24 bits per heavy atom. The zero-order valence-corrected chi connectivity index (χ0v) is 12.3.